The van der Waals surface area contributed by atoms with Crippen molar-refractivity contribution in [1.82, 2.24) is 9.97 Å². The molecule has 2 heterocycles. The first kappa shape index (κ1) is 15.8. The highest BCUT2D eigenvalue weighted by molar-refractivity contribution is 7.17. The fourth-order valence-corrected chi connectivity index (χ4v) is 3.08. The molecule has 0 saturated carbocycles. The van der Waals surface area contributed by atoms with Gasteiger partial charge in [0.1, 0.15) is 9.88 Å². The Morgan fingerprint density at radius 3 is 2.38 bits per heavy atom. The minimum absolute atomic E-state index is 0.168. The molecule has 120 valence electrons. The molecule has 0 aliphatic rings. The van der Waals surface area contributed by atoms with Crippen molar-refractivity contribution in [2.24, 2.45) is 0 Å². The first-order valence-corrected chi connectivity index (χ1v) is 7.89. The maximum absolute atomic E-state index is 12.4. The highest BCUT2D eigenvalue weighted by Gasteiger charge is 2.16. The molecule has 24 heavy (non-hydrogen) atoms. The van der Waals surface area contributed by atoms with E-state index in [2.05, 4.69) is 15.3 Å². The van der Waals surface area contributed by atoms with Gasteiger partial charge in [0.2, 0.25) is 0 Å². The molecule has 3 rings (SSSR count). The second kappa shape index (κ2) is 6.59. The number of hydrogen-bond acceptors (Lipinski definition) is 5. The molecule has 0 atom stereocenters. The lowest BCUT2D eigenvalue weighted by molar-refractivity contribution is 0.0696. The van der Waals surface area contributed by atoms with E-state index in [1.165, 1.54) is 23.5 Å². The Hall–Kier alpha value is -3.06. The topological polar surface area (TPSA) is 92.2 Å². The summed E-state index contributed by atoms with van der Waals surface area (Å²) in [5.74, 6) is -1.28. The molecule has 0 unspecified atom stereocenters. The molecule has 0 bridgehead atoms. The van der Waals surface area contributed by atoms with Gasteiger partial charge in [0.15, 0.2) is 0 Å². The van der Waals surface area contributed by atoms with E-state index in [-0.39, 0.29) is 11.5 Å². The van der Waals surface area contributed by atoms with E-state index in [9.17, 15) is 9.59 Å². The van der Waals surface area contributed by atoms with Crippen molar-refractivity contribution in [3.05, 3.63) is 64.9 Å². The quantitative estimate of drug-likeness (QED) is 0.759. The number of aromatic carboxylic acids is 1. The third-order valence-electron chi connectivity index (χ3n) is 3.32. The molecule has 0 saturated heterocycles. The van der Waals surface area contributed by atoms with E-state index in [4.69, 9.17) is 5.11 Å². The molecule has 1 aromatic carbocycles. The number of carbonyl (C=O) groups is 2. The average Bonchev–Trinajstić information content (AvgIpc) is 2.98. The normalized spacial score (nSPS) is 10.4. The minimum atomic E-state index is -1.01. The Kier molecular flexibility index (Phi) is 4.35. The molecular formula is C17H13N3O3S. The summed E-state index contributed by atoms with van der Waals surface area (Å²) in [6, 6.07) is 9.68. The second-order valence-corrected chi connectivity index (χ2v) is 6.01. The highest BCUT2D eigenvalue weighted by Crippen LogP contribution is 2.28. The SMILES string of the molecule is Cc1nc(-c2ccncc2)sc1C(=O)Nc1ccc(C(=O)O)cc1. The summed E-state index contributed by atoms with van der Waals surface area (Å²) in [5, 5.41) is 12.4. The van der Waals surface area contributed by atoms with Gasteiger partial charge in [0.25, 0.3) is 5.91 Å². The Labute approximate surface area is 141 Å². The fraction of sp³-hybridized carbons (Fsp3) is 0.0588. The number of carboxylic acids is 1. The Bertz CT molecular complexity index is 889. The molecule has 0 aliphatic heterocycles. The van der Waals surface area contributed by atoms with Crippen LogP contribution in [0.4, 0.5) is 5.69 Å². The van der Waals surface area contributed by atoms with E-state index in [0.29, 0.717) is 16.3 Å². The molecule has 7 heteroatoms. The summed E-state index contributed by atoms with van der Waals surface area (Å²) in [5.41, 5.74) is 2.25. The largest absolute Gasteiger partial charge is 0.478 e. The zero-order valence-corrected chi connectivity index (χ0v) is 13.5. The zero-order chi connectivity index (χ0) is 17.1. The molecule has 1 amide bonds. The van der Waals surface area contributed by atoms with Crippen LogP contribution in [-0.2, 0) is 0 Å². The van der Waals surface area contributed by atoms with Crippen LogP contribution in [0.3, 0.4) is 0 Å². The van der Waals surface area contributed by atoms with Crippen molar-refractivity contribution in [2.45, 2.75) is 6.92 Å². The Morgan fingerprint density at radius 1 is 1.08 bits per heavy atom. The van der Waals surface area contributed by atoms with Gasteiger partial charge >= 0.3 is 5.97 Å². The van der Waals surface area contributed by atoms with Crippen molar-refractivity contribution in [2.75, 3.05) is 5.32 Å². The number of rotatable bonds is 4. The van der Waals surface area contributed by atoms with Crippen LogP contribution in [0.1, 0.15) is 25.7 Å². The first-order chi connectivity index (χ1) is 11.5. The summed E-state index contributed by atoms with van der Waals surface area (Å²) in [6.45, 7) is 1.78. The number of aromatic nitrogens is 2. The molecule has 0 radical (unpaired) electrons. The lowest BCUT2D eigenvalue weighted by Crippen LogP contribution is -2.11. The number of aryl methyl sites for hydroxylation is 1. The maximum Gasteiger partial charge on any atom is 0.335 e. The number of pyridine rings is 1. The predicted octanol–water partition coefficient (Wildman–Crippen LogP) is 3.46. The van der Waals surface area contributed by atoms with Gasteiger partial charge in [0.05, 0.1) is 11.3 Å². The number of amides is 1. The maximum atomic E-state index is 12.4. The van der Waals surface area contributed by atoms with Crippen molar-refractivity contribution < 1.29 is 14.7 Å². The van der Waals surface area contributed by atoms with Crippen LogP contribution in [0, 0.1) is 6.92 Å². The van der Waals surface area contributed by atoms with E-state index in [1.54, 1.807) is 31.5 Å². The van der Waals surface area contributed by atoms with Gasteiger partial charge in [-0.1, -0.05) is 0 Å². The number of carboxylic acid groups (broad SMARTS) is 1. The smallest absolute Gasteiger partial charge is 0.335 e. The summed E-state index contributed by atoms with van der Waals surface area (Å²) in [6.07, 6.45) is 3.35. The van der Waals surface area contributed by atoms with Gasteiger partial charge in [-0.05, 0) is 43.3 Å². The summed E-state index contributed by atoms with van der Waals surface area (Å²) in [7, 11) is 0. The molecule has 2 aromatic heterocycles. The van der Waals surface area contributed by atoms with Gasteiger partial charge in [-0.15, -0.1) is 11.3 Å². The van der Waals surface area contributed by atoms with Crippen LogP contribution in [0.5, 0.6) is 0 Å². The van der Waals surface area contributed by atoms with Gasteiger partial charge < -0.3 is 10.4 Å². The van der Waals surface area contributed by atoms with Crippen molar-refractivity contribution in [3.63, 3.8) is 0 Å². The van der Waals surface area contributed by atoms with Crippen LogP contribution in [0.25, 0.3) is 10.6 Å². The Morgan fingerprint density at radius 2 is 1.75 bits per heavy atom. The lowest BCUT2D eigenvalue weighted by Gasteiger charge is -2.04. The second-order valence-electron chi connectivity index (χ2n) is 5.01. The summed E-state index contributed by atoms with van der Waals surface area (Å²) < 4.78 is 0. The molecule has 6 nitrogen and oxygen atoms in total. The summed E-state index contributed by atoms with van der Waals surface area (Å²) in [4.78, 5) is 32.2. The highest BCUT2D eigenvalue weighted by atomic mass is 32.1. The van der Waals surface area contributed by atoms with Crippen molar-refractivity contribution in [1.29, 1.82) is 0 Å². The van der Waals surface area contributed by atoms with Crippen LogP contribution < -0.4 is 5.32 Å². The number of hydrogen-bond donors (Lipinski definition) is 2. The van der Waals surface area contributed by atoms with Crippen LogP contribution in [-0.4, -0.2) is 27.0 Å². The molecule has 0 fully saturated rings. The standard InChI is InChI=1S/C17H13N3O3S/c1-10-14(24-16(19-10)11-6-8-18-9-7-11)15(21)20-13-4-2-12(3-5-13)17(22)23/h2-9H,1H3,(H,20,21)(H,22,23). The van der Waals surface area contributed by atoms with E-state index >= 15 is 0 Å². The molecular weight excluding hydrogens is 326 g/mol. The van der Waals surface area contributed by atoms with Crippen LogP contribution in [0.15, 0.2) is 48.8 Å². The average molecular weight is 339 g/mol. The van der Waals surface area contributed by atoms with E-state index < -0.39 is 5.97 Å². The first-order valence-electron chi connectivity index (χ1n) is 7.07. The third-order valence-corrected chi connectivity index (χ3v) is 4.53. The number of anilines is 1. The number of carbonyl (C=O) groups excluding carboxylic acids is 1. The van der Waals surface area contributed by atoms with Crippen molar-refractivity contribution in [3.8, 4) is 10.6 Å². The van der Waals surface area contributed by atoms with Gasteiger partial charge in [-0.25, -0.2) is 9.78 Å². The molecule has 3 aromatic rings. The van der Waals surface area contributed by atoms with Gasteiger partial charge in [0, 0.05) is 23.6 Å². The molecule has 2 N–H and O–H groups in total. The van der Waals surface area contributed by atoms with Gasteiger partial charge in [-0.3, -0.25) is 9.78 Å². The molecule has 0 spiro atoms. The number of benzene rings is 1. The minimum Gasteiger partial charge on any atom is -0.478 e. The van der Waals surface area contributed by atoms with Crippen molar-refractivity contribution >= 4 is 28.9 Å². The number of nitrogens with zero attached hydrogens (tertiary/aromatic N) is 2. The monoisotopic (exact) mass is 339 g/mol. The third kappa shape index (κ3) is 3.31. The predicted molar refractivity (Wildman–Crippen MR) is 91.4 cm³/mol. The summed E-state index contributed by atoms with van der Waals surface area (Å²) >= 11 is 1.30. The van der Waals surface area contributed by atoms with Gasteiger partial charge in [-0.2, -0.15) is 0 Å². The zero-order valence-electron chi connectivity index (χ0n) is 12.7. The number of nitrogens with one attached hydrogen (secondary N) is 1. The van der Waals surface area contributed by atoms with Crippen LogP contribution >= 0.6 is 11.3 Å². The number of thiazole rings is 1. The van der Waals surface area contributed by atoms with Crippen LogP contribution in [0.2, 0.25) is 0 Å². The van der Waals surface area contributed by atoms with E-state index in [1.807, 2.05) is 12.1 Å². The molecule has 0 aliphatic carbocycles. The Balaban J connectivity index is 1.80. The lowest BCUT2D eigenvalue weighted by atomic mass is 10.2. The van der Waals surface area contributed by atoms with E-state index in [0.717, 1.165) is 10.6 Å². The fourth-order valence-electron chi connectivity index (χ4n) is 2.11.